The summed E-state index contributed by atoms with van der Waals surface area (Å²) in [4.78, 5) is 43.3. The number of carboxylic acids is 1. The van der Waals surface area contributed by atoms with Crippen LogP contribution in [0.4, 0.5) is 0 Å². The fourth-order valence-electron chi connectivity index (χ4n) is 1.35. The van der Waals surface area contributed by atoms with Gasteiger partial charge >= 0.3 is 17.9 Å². The zero-order chi connectivity index (χ0) is 26.2. The van der Waals surface area contributed by atoms with Crippen molar-refractivity contribution < 1.29 is 33.8 Å². The van der Waals surface area contributed by atoms with Crippen molar-refractivity contribution >= 4 is 23.8 Å². The summed E-state index contributed by atoms with van der Waals surface area (Å²) in [5.41, 5.74) is -1.23. The van der Waals surface area contributed by atoms with Gasteiger partial charge < -0.3 is 19.9 Å². The van der Waals surface area contributed by atoms with Crippen molar-refractivity contribution in [1.82, 2.24) is 5.32 Å². The third kappa shape index (κ3) is 15.4. The van der Waals surface area contributed by atoms with E-state index in [0.717, 1.165) is 18.9 Å². The van der Waals surface area contributed by atoms with Crippen molar-refractivity contribution in [3.05, 3.63) is 12.7 Å². The monoisotopic (exact) mass is 459 g/mol. The third-order valence-corrected chi connectivity index (χ3v) is 5.38. The summed E-state index contributed by atoms with van der Waals surface area (Å²) >= 11 is 0. The maximum Gasteiger partial charge on any atom is 0.330 e. The van der Waals surface area contributed by atoms with Gasteiger partial charge in [-0.15, -0.1) is 0 Å². The summed E-state index contributed by atoms with van der Waals surface area (Å²) in [6.07, 6.45) is 3.37. The van der Waals surface area contributed by atoms with Crippen molar-refractivity contribution in [2.45, 2.75) is 81.6 Å². The number of hydrogen-bond acceptors (Lipinski definition) is 6. The normalized spacial score (nSPS) is 10.9. The van der Waals surface area contributed by atoms with E-state index in [1.165, 1.54) is 7.11 Å². The number of carbonyl (C=O) groups is 4. The first kappa shape index (κ1) is 34.2. The molecule has 8 nitrogen and oxygen atoms in total. The number of hydrogen-bond donors (Lipinski definition) is 2. The predicted molar refractivity (Wildman–Crippen MR) is 126 cm³/mol. The minimum Gasteiger partial charge on any atom is -0.481 e. The summed E-state index contributed by atoms with van der Waals surface area (Å²) in [7, 11) is 1.42. The van der Waals surface area contributed by atoms with Crippen LogP contribution in [-0.4, -0.2) is 49.2 Å². The average Bonchev–Trinajstić information content (AvgIpc) is 2.76. The van der Waals surface area contributed by atoms with Crippen LogP contribution in [0.3, 0.4) is 0 Å². The molecule has 0 saturated heterocycles. The molecule has 0 aromatic rings. The van der Waals surface area contributed by atoms with Crippen LogP contribution >= 0.6 is 0 Å². The maximum absolute atomic E-state index is 11.5. The van der Waals surface area contributed by atoms with E-state index in [4.69, 9.17) is 9.84 Å². The van der Waals surface area contributed by atoms with Crippen LogP contribution in [-0.2, 0) is 28.7 Å². The molecule has 0 aromatic carbocycles. The zero-order valence-electron chi connectivity index (χ0n) is 21.7. The molecule has 0 spiro atoms. The van der Waals surface area contributed by atoms with Crippen LogP contribution in [0.15, 0.2) is 12.7 Å². The number of esters is 2. The van der Waals surface area contributed by atoms with Gasteiger partial charge in [-0.25, -0.2) is 4.79 Å². The Morgan fingerprint density at radius 2 is 1.31 bits per heavy atom. The van der Waals surface area contributed by atoms with Gasteiger partial charge in [-0.3, -0.25) is 14.4 Å². The molecule has 0 aromatic heterocycles. The highest BCUT2D eigenvalue weighted by molar-refractivity contribution is 5.82. The largest absolute Gasteiger partial charge is 0.481 e. The Hall–Kier alpha value is -2.38. The molecule has 0 aliphatic heterocycles. The Balaban J connectivity index is -0.000000424. The van der Waals surface area contributed by atoms with E-state index in [1.54, 1.807) is 13.8 Å². The molecule has 188 valence electrons. The molecular formula is C24H45NO7. The van der Waals surface area contributed by atoms with Crippen molar-refractivity contribution in [3.8, 4) is 0 Å². The number of carboxylic acid groups (broad SMARTS) is 1. The lowest BCUT2D eigenvalue weighted by atomic mass is 9.89. The lowest BCUT2D eigenvalue weighted by Gasteiger charge is -2.21. The Morgan fingerprint density at radius 1 is 0.875 bits per heavy atom. The molecule has 0 saturated carbocycles. The Bertz CT molecular complexity index is 607. The van der Waals surface area contributed by atoms with Gasteiger partial charge in [0.2, 0.25) is 5.91 Å². The molecule has 0 radical (unpaired) electrons. The molecule has 0 atom stereocenters. The highest BCUT2D eigenvalue weighted by Gasteiger charge is 2.26. The Labute approximate surface area is 194 Å². The van der Waals surface area contributed by atoms with E-state index in [1.807, 2.05) is 48.5 Å². The van der Waals surface area contributed by atoms with E-state index in [9.17, 15) is 19.2 Å². The first-order valence-electron chi connectivity index (χ1n) is 10.9. The van der Waals surface area contributed by atoms with E-state index in [2.05, 4.69) is 16.6 Å². The fourth-order valence-corrected chi connectivity index (χ4v) is 1.35. The molecule has 0 heterocycles. The quantitative estimate of drug-likeness (QED) is 0.283. The molecule has 8 heteroatoms. The number of nitrogens with one attached hydrogen (secondary N) is 1. The SMILES string of the molecule is C=CC(=O)OCCNC(=O)C(C)(C)CC.CCC(C)(C)C(=O)O.CCC(C)(C)C(=O)OC. The summed E-state index contributed by atoms with van der Waals surface area (Å²) in [6.45, 7) is 20.5. The van der Waals surface area contributed by atoms with E-state index in [-0.39, 0.29) is 29.3 Å². The van der Waals surface area contributed by atoms with E-state index in [0.29, 0.717) is 13.0 Å². The van der Waals surface area contributed by atoms with Crippen molar-refractivity contribution in [2.75, 3.05) is 20.3 Å². The van der Waals surface area contributed by atoms with Gasteiger partial charge in [0.15, 0.2) is 0 Å². The third-order valence-electron chi connectivity index (χ3n) is 5.38. The topological polar surface area (TPSA) is 119 Å². The Kier molecular flexibility index (Phi) is 17.4. The molecule has 0 rings (SSSR count). The van der Waals surface area contributed by atoms with Crippen molar-refractivity contribution in [2.24, 2.45) is 16.2 Å². The van der Waals surface area contributed by atoms with Crippen LogP contribution in [0.5, 0.6) is 0 Å². The molecule has 32 heavy (non-hydrogen) atoms. The molecule has 0 aliphatic rings. The smallest absolute Gasteiger partial charge is 0.330 e. The number of carbonyl (C=O) groups excluding carboxylic acids is 3. The highest BCUT2D eigenvalue weighted by atomic mass is 16.5. The van der Waals surface area contributed by atoms with Crippen LogP contribution in [0.2, 0.25) is 0 Å². The lowest BCUT2D eigenvalue weighted by Crippen LogP contribution is -2.38. The molecule has 1 amide bonds. The molecule has 0 unspecified atom stereocenters. The number of ether oxygens (including phenoxy) is 2. The van der Waals surface area contributed by atoms with Crippen molar-refractivity contribution in [3.63, 3.8) is 0 Å². The lowest BCUT2D eigenvalue weighted by molar-refractivity contribution is -0.151. The minimum absolute atomic E-state index is 0.0281. The van der Waals surface area contributed by atoms with Crippen LogP contribution in [0.1, 0.15) is 81.6 Å². The second-order valence-electron chi connectivity index (χ2n) is 9.14. The van der Waals surface area contributed by atoms with Gasteiger partial charge in [-0.2, -0.15) is 0 Å². The number of aliphatic carboxylic acids is 1. The summed E-state index contributed by atoms with van der Waals surface area (Å²) < 4.78 is 9.28. The first-order valence-corrected chi connectivity index (χ1v) is 10.9. The summed E-state index contributed by atoms with van der Waals surface area (Å²) in [5, 5.41) is 11.1. The number of amides is 1. The van der Waals surface area contributed by atoms with E-state index < -0.39 is 17.4 Å². The maximum atomic E-state index is 11.5. The minimum atomic E-state index is -0.722. The van der Waals surface area contributed by atoms with Crippen LogP contribution in [0, 0.1) is 16.2 Å². The molecule has 0 aliphatic carbocycles. The van der Waals surface area contributed by atoms with Crippen LogP contribution in [0.25, 0.3) is 0 Å². The van der Waals surface area contributed by atoms with Gasteiger partial charge in [0, 0.05) is 11.5 Å². The van der Waals surface area contributed by atoms with Gasteiger partial charge in [0.25, 0.3) is 0 Å². The number of rotatable bonds is 10. The van der Waals surface area contributed by atoms with Gasteiger partial charge in [0.05, 0.1) is 24.5 Å². The van der Waals surface area contributed by atoms with Gasteiger partial charge in [-0.1, -0.05) is 41.2 Å². The van der Waals surface area contributed by atoms with Gasteiger partial charge in [0.1, 0.15) is 6.61 Å². The second-order valence-corrected chi connectivity index (χ2v) is 9.14. The van der Waals surface area contributed by atoms with Crippen LogP contribution < -0.4 is 5.32 Å². The molecule has 2 N–H and O–H groups in total. The predicted octanol–water partition coefficient (Wildman–Crippen LogP) is 4.37. The second kappa shape index (κ2) is 16.3. The van der Waals surface area contributed by atoms with Crippen molar-refractivity contribution in [1.29, 1.82) is 0 Å². The molecule has 0 bridgehead atoms. The highest BCUT2D eigenvalue weighted by Crippen LogP contribution is 2.21. The standard InChI is InChI=1S/C11H19NO3.C7H14O2.C6H12O2/c1-5-9(13)15-8-7-12-10(14)11(3,4)6-2;1-5-7(2,3)6(8)9-4;1-4-6(2,3)5(7)8/h5H,1,6-8H2,2-4H3,(H,12,14);5H2,1-4H3;4H2,1-3H3,(H,7,8). The fraction of sp³-hybridized carbons (Fsp3) is 0.750. The summed E-state index contributed by atoms with van der Waals surface area (Å²) in [6, 6.07) is 0. The average molecular weight is 460 g/mol. The van der Waals surface area contributed by atoms with Gasteiger partial charge in [-0.05, 0) is 47.0 Å². The first-order chi connectivity index (χ1) is 14.5. The zero-order valence-corrected chi connectivity index (χ0v) is 21.7. The molecular weight excluding hydrogens is 414 g/mol. The number of methoxy groups -OCH3 is 1. The van der Waals surface area contributed by atoms with E-state index >= 15 is 0 Å². The molecule has 0 fully saturated rings. The Morgan fingerprint density at radius 3 is 1.56 bits per heavy atom. The summed E-state index contributed by atoms with van der Waals surface area (Å²) in [5.74, 6) is -1.36.